The second-order valence-corrected chi connectivity index (χ2v) is 6.01. The lowest BCUT2D eigenvalue weighted by Gasteiger charge is -2.25. The van der Waals surface area contributed by atoms with Gasteiger partial charge in [-0.2, -0.15) is 0 Å². The number of hydrogen-bond donors (Lipinski definition) is 0. The molecule has 14 heavy (non-hydrogen) atoms. The van der Waals surface area contributed by atoms with Gasteiger partial charge in [-0.3, -0.25) is 0 Å². The zero-order valence-electron chi connectivity index (χ0n) is 7.95. The molecular weight excluding hydrogens is 208 g/mol. The quantitative estimate of drug-likeness (QED) is 0.646. The first kappa shape index (κ1) is 8.93. The van der Waals surface area contributed by atoms with Crippen molar-refractivity contribution in [2.75, 3.05) is 5.75 Å². The van der Waals surface area contributed by atoms with Crippen molar-refractivity contribution in [1.29, 1.82) is 0 Å². The van der Waals surface area contributed by atoms with Gasteiger partial charge in [0.05, 0.1) is 0 Å². The van der Waals surface area contributed by atoms with E-state index in [9.17, 15) is 0 Å². The summed E-state index contributed by atoms with van der Waals surface area (Å²) in [6.07, 6.45) is 3.85. The number of fused-ring (bicyclic) bond motifs is 1. The Morgan fingerprint density at radius 3 is 3.00 bits per heavy atom. The first-order chi connectivity index (χ1) is 6.93. The summed E-state index contributed by atoms with van der Waals surface area (Å²) in [5.41, 5.74) is 1.52. The Kier molecular flexibility index (Phi) is 2.34. The highest BCUT2D eigenvalue weighted by atomic mass is 32.2. The van der Waals surface area contributed by atoms with Gasteiger partial charge in [0.2, 0.25) is 0 Å². The van der Waals surface area contributed by atoms with Gasteiger partial charge in [-0.25, -0.2) is 0 Å². The SMILES string of the molecule is c1ccc2c(c1)CC1=C(CCCS1)S2. The van der Waals surface area contributed by atoms with Crippen molar-refractivity contribution in [3.63, 3.8) is 0 Å². The van der Waals surface area contributed by atoms with Crippen LogP contribution < -0.4 is 0 Å². The van der Waals surface area contributed by atoms with Gasteiger partial charge in [0.15, 0.2) is 0 Å². The predicted molar refractivity (Wildman–Crippen MR) is 64.7 cm³/mol. The average Bonchev–Trinajstić information content (AvgIpc) is 2.26. The molecule has 1 aromatic carbocycles. The Morgan fingerprint density at radius 2 is 2.00 bits per heavy atom. The molecule has 0 radical (unpaired) electrons. The van der Waals surface area contributed by atoms with Gasteiger partial charge in [-0.1, -0.05) is 30.0 Å². The van der Waals surface area contributed by atoms with Crippen molar-refractivity contribution in [3.8, 4) is 0 Å². The van der Waals surface area contributed by atoms with Gasteiger partial charge in [0.25, 0.3) is 0 Å². The fraction of sp³-hybridized carbons (Fsp3) is 0.333. The molecular formula is C12H12S2. The van der Waals surface area contributed by atoms with Crippen LogP contribution in [0, 0.1) is 0 Å². The van der Waals surface area contributed by atoms with Gasteiger partial charge < -0.3 is 0 Å². The van der Waals surface area contributed by atoms with E-state index in [1.54, 1.807) is 9.81 Å². The summed E-state index contributed by atoms with van der Waals surface area (Å²) in [7, 11) is 0. The molecule has 2 heterocycles. The van der Waals surface area contributed by atoms with Crippen molar-refractivity contribution in [2.24, 2.45) is 0 Å². The normalized spacial score (nSPS) is 20.3. The summed E-state index contributed by atoms with van der Waals surface area (Å²) in [5.74, 6) is 1.32. The number of thioether (sulfide) groups is 2. The summed E-state index contributed by atoms with van der Waals surface area (Å²) in [6, 6.07) is 8.82. The highest BCUT2D eigenvalue weighted by Crippen LogP contribution is 2.46. The molecule has 0 bridgehead atoms. The molecule has 0 amide bonds. The Labute approximate surface area is 93.2 Å². The van der Waals surface area contributed by atoms with Crippen molar-refractivity contribution < 1.29 is 0 Å². The van der Waals surface area contributed by atoms with E-state index in [0.29, 0.717) is 0 Å². The fourth-order valence-electron chi connectivity index (χ4n) is 1.96. The maximum absolute atomic E-state index is 2.27. The molecule has 1 aromatic rings. The lowest BCUT2D eigenvalue weighted by Crippen LogP contribution is -2.04. The number of benzene rings is 1. The first-order valence-electron chi connectivity index (χ1n) is 5.04. The Balaban J connectivity index is 1.99. The molecule has 0 fully saturated rings. The molecule has 2 aliphatic heterocycles. The van der Waals surface area contributed by atoms with Gasteiger partial charge in [0, 0.05) is 11.3 Å². The fourth-order valence-corrected chi connectivity index (χ4v) is 4.43. The minimum atomic E-state index is 1.18. The zero-order valence-corrected chi connectivity index (χ0v) is 9.59. The Morgan fingerprint density at radius 1 is 1.07 bits per heavy atom. The standard InChI is InChI=1S/C12H12S2/c1-2-5-10-9(4-1)8-12-11(14-10)6-3-7-13-12/h1-2,4-5H,3,6-8H2. The maximum Gasteiger partial charge on any atom is 0.0154 e. The second-order valence-electron chi connectivity index (χ2n) is 3.68. The molecule has 0 nitrogen and oxygen atoms in total. The lowest BCUT2D eigenvalue weighted by molar-refractivity contribution is 0.926. The average molecular weight is 220 g/mol. The predicted octanol–water partition coefficient (Wildman–Crippen LogP) is 4.07. The summed E-state index contributed by atoms with van der Waals surface area (Å²) in [5, 5.41) is 0. The van der Waals surface area contributed by atoms with Crippen LogP contribution in [0.25, 0.3) is 0 Å². The maximum atomic E-state index is 2.27. The second kappa shape index (κ2) is 3.67. The minimum absolute atomic E-state index is 1.18. The monoisotopic (exact) mass is 220 g/mol. The minimum Gasteiger partial charge on any atom is -0.129 e. The van der Waals surface area contributed by atoms with Gasteiger partial charge in [-0.15, -0.1) is 11.8 Å². The third-order valence-electron chi connectivity index (χ3n) is 2.69. The molecule has 0 saturated carbocycles. The highest BCUT2D eigenvalue weighted by Gasteiger charge is 2.20. The third kappa shape index (κ3) is 1.51. The third-order valence-corrected chi connectivity index (χ3v) is 5.37. The van der Waals surface area contributed by atoms with Crippen molar-refractivity contribution in [1.82, 2.24) is 0 Å². The number of rotatable bonds is 0. The van der Waals surface area contributed by atoms with Crippen LogP contribution in [-0.2, 0) is 6.42 Å². The summed E-state index contributed by atoms with van der Waals surface area (Å²) >= 11 is 4.07. The van der Waals surface area contributed by atoms with Crippen molar-refractivity contribution in [2.45, 2.75) is 24.2 Å². The molecule has 2 heteroatoms. The van der Waals surface area contributed by atoms with Crippen LogP contribution in [0.15, 0.2) is 39.0 Å². The molecule has 0 spiro atoms. The zero-order chi connectivity index (χ0) is 9.38. The molecule has 3 rings (SSSR count). The van der Waals surface area contributed by atoms with Crippen LogP contribution >= 0.6 is 23.5 Å². The summed E-state index contributed by atoms with van der Waals surface area (Å²) in [4.78, 5) is 4.76. The molecule has 0 aliphatic carbocycles. The first-order valence-corrected chi connectivity index (χ1v) is 6.84. The Hall–Kier alpha value is -0.340. The lowest BCUT2D eigenvalue weighted by atomic mass is 10.1. The Bertz CT molecular complexity index is 356. The van der Waals surface area contributed by atoms with E-state index >= 15 is 0 Å². The van der Waals surface area contributed by atoms with Gasteiger partial charge in [0.1, 0.15) is 0 Å². The van der Waals surface area contributed by atoms with E-state index in [-0.39, 0.29) is 0 Å². The van der Waals surface area contributed by atoms with E-state index in [2.05, 4.69) is 36.0 Å². The van der Waals surface area contributed by atoms with Crippen LogP contribution in [0.1, 0.15) is 18.4 Å². The molecule has 0 aromatic heterocycles. The van der Waals surface area contributed by atoms with Gasteiger partial charge >= 0.3 is 0 Å². The number of allylic oxidation sites excluding steroid dienone is 2. The summed E-state index contributed by atoms with van der Waals surface area (Å²) < 4.78 is 0. The van der Waals surface area contributed by atoms with E-state index in [1.807, 2.05) is 11.8 Å². The topological polar surface area (TPSA) is 0 Å². The largest absolute Gasteiger partial charge is 0.129 e. The highest BCUT2D eigenvalue weighted by molar-refractivity contribution is 8.07. The van der Waals surface area contributed by atoms with Crippen LogP contribution in [-0.4, -0.2) is 5.75 Å². The molecule has 2 aliphatic rings. The van der Waals surface area contributed by atoms with Crippen LogP contribution in [0.5, 0.6) is 0 Å². The molecule has 0 saturated heterocycles. The van der Waals surface area contributed by atoms with E-state index in [0.717, 1.165) is 0 Å². The summed E-state index contributed by atoms with van der Waals surface area (Å²) in [6.45, 7) is 0. The van der Waals surface area contributed by atoms with Crippen LogP contribution in [0.3, 0.4) is 0 Å². The van der Waals surface area contributed by atoms with Crippen molar-refractivity contribution in [3.05, 3.63) is 39.6 Å². The molecule has 0 unspecified atom stereocenters. The van der Waals surface area contributed by atoms with Crippen molar-refractivity contribution >= 4 is 23.5 Å². The molecule has 0 atom stereocenters. The van der Waals surface area contributed by atoms with E-state index in [1.165, 1.54) is 35.5 Å². The van der Waals surface area contributed by atoms with E-state index < -0.39 is 0 Å². The smallest absolute Gasteiger partial charge is 0.0154 e. The van der Waals surface area contributed by atoms with Crippen LogP contribution in [0.4, 0.5) is 0 Å². The van der Waals surface area contributed by atoms with E-state index in [4.69, 9.17) is 0 Å². The molecule has 72 valence electrons. The van der Waals surface area contributed by atoms with Crippen LogP contribution in [0.2, 0.25) is 0 Å². The number of hydrogen-bond acceptors (Lipinski definition) is 2. The van der Waals surface area contributed by atoms with Gasteiger partial charge in [-0.05, 0) is 40.0 Å². The molecule has 0 N–H and O–H groups in total.